The van der Waals surface area contributed by atoms with Gasteiger partial charge in [-0.1, -0.05) is 30.3 Å². The first-order valence-electron chi connectivity index (χ1n) is 5.96. The highest BCUT2D eigenvalue weighted by Crippen LogP contribution is 2.17. The molecular weight excluding hydrogens is 224 g/mol. The van der Waals surface area contributed by atoms with Gasteiger partial charge in [-0.3, -0.25) is 4.79 Å². The van der Waals surface area contributed by atoms with Crippen molar-refractivity contribution in [1.29, 1.82) is 0 Å². The Hall–Kier alpha value is -2.16. The maximum absolute atomic E-state index is 12.1. The van der Waals surface area contributed by atoms with Crippen molar-refractivity contribution >= 4 is 11.6 Å². The predicted octanol–water partition coefficient (Wildman–Crippen LogP) is 2.79. The molecule has 0 unspecified atom stereocenters. The number of nitrogen functional groups attached to an aromatic ring is 1. The van der Waals surface area contributed by atoms with Crippen molar-refractivity contribution in [3.63, 3.8) is 0 Å². The Kier molecular flexibility index (Phi) is 3.72. The van der Waals surface area contributed by atoms with Gasteiger partial charge in [0.25, 0.3) is 0 Å². The monoisotopic (exact) mass is 240 g/mol. The molecule has 0 radical (unpaired) electrons. The Morgan fingerprint density at radius 3 is 2.61 bits per heavy atom. The first-order chi connectivity index (χ1) is 8.68. The Bertz CT molecular complexity index is 529. The van der Waals surface area contributed by atoms with E-state index < -0.39 is 0 Å². The Morgan fingerprint density at radius 1 is 1.22 bits per heavy atom. The maximum atomic E-state index is 12.1. The van der Waals surface area contributed by atoms with Gasteiger partial charge >= 0.3 is 0 Å². The molecule has 0 aliphatic heterocycles. The van der Waals surface area contributed by atoms with Gasteiger partial charge < -0.3 is 5.73 Å². The number of nitrogens with zero attached hydrogens (tertiary/aromatic N) is 1. The number of aromatic nitrogens is 1. The number of nitrogens with two attached hydrogens (primary N) is 1. The molecule has 3 nitrogen and oxygen atoms in total. The third kappa shape index (κ3) is 2.74. The number of hydrogen-bond acceptors (Lipinski definition) is 3. The predicted molar refractivity (Wildman–Crippen MR) is 72.5 cm³/mol. The molecule has 0 saturated heterocycles. The van der Waals surface area contributed by atoms with E-state index in [1.165, 1.54) is 0 Å². The van der Waals surface area contributed by atoms with Gasteiger partial charge in [-0.15, -0.1) is 0 Å². The lowest BCUT2D eigenvalue weighted by Gasteiger charge is -2.07. The summed E-state index contributed by atoms with van der Waals surface area (Å²) in [7, 11) is 0. The lowest BCUT2D eigenvalue weighted by Crippen LogP contribution is -2.08. The Labute approximate surface area is 107 Å². The fourth-order valence-electron chi connectivity index (χ4n) is 1.97. The van der Waals surface area contributed by atoms with Crippen LogP contribution in [0.4, 0.5) is 5.82 Å². The van der Waals surface area contributed by atoms with Crippen LogP contribution in [-0.2, 0) is 6.42 Å². The molecule has 18 heavy (non-hydrogen) atoms. The largest absolute Gasteiger partial charge is 0.383 e. The molecule has 1 aromatic carbocycles. The van der Waals surface area contributed by atoms with Crippen LogP contribution in [0.25, 0.3) is 0 Å². The van der Waals surface area contributed by atoms with E-state index in [2.05, 4.69) is 4.98 Å². The van der Waals surface area contributed by atoms with Gasteiger partial charge in [-0.25, -0.2) is 4.98 Å². The van der Waals surface area contributed by atoms with Crippen molar-refractivity contribution < 1.29 is 4.79 Å². The second kappa shape index (κ2) is 5.45. The molecule has 2 N–H and O–H groups in total. The lowest BCUT2D eigenvalue weighted by atomic mass is 10.0. The summed E-state index contributed by atoms with van der Waals surface area (Å²) in [5, 5.41) is 0. The van der Waals surface area contributed by atoms with Crippen LogP contribution >= 0.6 is 0 Å². The van der Waals surface area contributed by atoms with Crippen LogP contribution in [0.15, 0.2) is 42.6 Å². The minimum Gasteiger partial charge on any atom is -0.383 e. The molecule has 0 saturated carbocycles. The zero-order valence-corrected chi connectivity index (χ0v) is 10.4. The van der Waals surface area contributed by atoms with Crippen molar-refractivity contribution in [1.82, 2.24) is 4.98 Å². The summed E-state index contributed by atoms with van der Waals surface area (Å²) in [6.07, 6.45) is 2.81. The molecule has 0 aliphatic rings. The first-order valence-corrected chi connectivity index (χ1v) is 5.96. The molecule has 0 bridgehead atoms. The number of carbonyl (C=O) groups excluding carboxylic acids is 1. The minimum absolute atomic E-state index is 0.0574. The minimum atomic E-state index is 0.0574. The molecular formula is C15H16N2O. The average Bonchev–Trinajstić information content (AvgIpc) is 2.37. The van der Waals surface area contributed by atoms with E-state index in [1.807, 2.05) is 43.3 Å². The van der Waals surface area contributed by atoms with Crippen molar-refractivity contribution in [3.05, 3.63) is 59.3 Å². The van der Waals surface area contributed by atoms with Crippen LogP contribution in [0, 0.1) is 6.92 Å². The van der Waals surface area contributed by atoms with Gasteiger partial charge in [0.15, 0.2) is 5.78 Å². The van der Waals surface area contributed by atoms with E-state index in [1.54, 1.807) is 6.20 Å². The zero-order chi connectivity index (χ0) is 13.0. The standard InChI is InChI=1S/C15H16N2O/c1-11-9-10-17-15(16)14(11)13(18)8-7-12-5-3-2-4-6-12/h2-6,9-10H,7-8H2,1H3,(H2,16,17). The van der Waals surface area contributed by atoms with Gasteiger partial charge in [-0.2, -0.15) is 0 Å². The summed E-state index contributed by atoms with van der Waals surface area (Å²) < 4.78 is 0. The summed E-state index contributed by atoms with van der Waals surface area (Å²) in [5.74, 6) is 0.384. The molecule has 0 amide bonds. The van der Waals surface area contributed by atoms with Gasteiger partial charge in [0.2, 0.25) is 0 Å². The molecule has 0 spiro atoms. The van der Waals surface area contributed by atoms with Gasteiger partial charge in [0, 0.05) is 12.6 Å². The van der Waals surface area contributed by atoms with E-state index in [9.17, 15) is 4.79 Å². The molecule has 2 aromatic rings. The number of rotatable bonds is 4. The van der Waals surface area contributed by atoms with Crippen LogP contribution in [0.5, 0.6) is 0 Å². The Morgan fingerprint density at radius 2 is 1.94 bits per heavy atom. The molecule has 1 heterocycles. The molecule has 0 fully saturated rings. The molecule has 0 atom stereocenters. The highest BCUT2D eigenvalue weighted by molar-refractivity contribution is 6.01. The van der Waals surface area contributed by atoms with Crippen molar-refractivity contribution in [2.24, 2.45) is 0 Å². The van der Waals surface area contributed by atoms with E-state index in [0.29, 0.717) is 17.8 Å². The number of anilines is 1. The van der Waals surface area contributed by atoms with Crippen LogP contribution < -0.4 is 5.73 Å². The molecule has 3 heteroatoms. The summed E-state index contributed by atoms with van der Waals surface area (Å²) in [6.45, 7) is 1.88. The number of pyridine rings is 1. The fourth-order valence-corrected chi connectivity index (χ4v) is 1.97. The number of ketones is 1. The molecule has 1 aromatic heterocycles. The number of hydrogen-bond donors (Lipinski definition) is 1. The van der Waals surface area contributed by atoms with Gasteiger partial charge in [-0.05, 0) is 30.5 Å². The molecule has 2 rings (SSSR count). The SMILES string of the molecule is Cc1ccnc(N)c1C(=O)CCc1ccccc1. The van der Waals surface area contributed by atoms with E-state index in [0.717, 1.165) is 17.5 Å². The number of aryl methyl sites for hydroxylation is 2. The van der Waals surface area contributed by atoms with Crippen LogP contribution in [0.1, 0.15) is 27.9 Å². The third-order valence-electron chi connectivity index (χ3n) is 2.95. The quantitative estimate of drug-likeness (QED) is 0.836. The smallest absolute Gasteiger partial charge is 0.167 e. The van der Waals surface area contributed by atoms with Crippen molar-refractivity contribution in [2.75, 3.05) is 5.73 Å². The topological polar surface area (TPSA) is 56.0 Å². The highest BCUT2D eigenvalue weighted by atomic mass is 16.1. The Balaban J connectivity index is 2.09. The van der Waals surface area contributed by atoms with Crippen LogP contribution in [0.3, 0.4) is 0 Å². The number of benzene rings is 1. The normalized spacial score (nSPS) is 10.3. The lowest BCUT2D eigenvalue weighted by molar-refractivity contribution is 0.0983. The van der Waals surface area contributed by atoms with Crippen molar-refractivity contribution in [2.45, 2.75) is 19.8 Å². The van der Waals surface area contributed by atoms with Crippen LogP contribution in [0.2, 0.25) is 0 Å². The summed E-state index contributed by atoms with van der Waals surface area (Å²) in [4.78, 5) is 16.1. The number of carbonyl (C=O) groups is 1. The fraction of sp³-hybridized carbons (Fsp3) is 0.200. The summed E-state index contributed by atoms with van der Waals surface area (Å²) in [6, 6.07) is 11.8. The average molecular weight is 240 g/mol. The third-order valence-corrected chi connectivity index (χ3v) is 2.95. The van der Waals surface area contributed by atoms with E-state index in [4.69, 9.17) is 5.73 Å². The molecule has 92 valence electrons. The summed E-state index contributed by atoms with van der Waals surface area (Å²) in [5.41, 5.74) is 8.37. The highest BCUT2D eigenvalue weighted by Gasteiger charge is 2.13. The van der Waals surface area contributed by atoms with Gasteiger partial charge in [0.1, 0.15) is 5.82 Å². The van der Waals surface area contributed by atoms with Gasteiger partial charge in [0.05, 0.1) is 5.56 Å². The van der Waals surface area contributed by atoms with E-state index >= 15 is 0 Å². The first kappa shape index (κ1) is 12.3. The van der Waals surface area contributed by atoms with Crippen molar-refractivity contribution in [3.8, 4) is 0 Å². The molecule has 0 aliphatic carbocycles. The number of Topliss-reactive ketones (excluding diaryl/α,β-unsaturated/α-hetero) is 1. The van der Waals surface area contributed by atoms with E-state index in [-0.39, 0.29) is 5.78 Å². The zero-order valence-electron chi connectivity index (χ0n) is 10.4. The maximum Gasteiger partial charge on any atom is 0.167 e. The second-order valence-electron chi connectivity index (χ2n) is 4.30. The second-order valence-corrected chi connectivity index (χ2v) is 4.30. The summed E-state index contributed by atoms with van der Waals surface area (Å²) >= 11 is 0. The van der Waals surface area contributed by atoms with Crippen LogP contribution in [-0.4, -0.2) is 10.8 Å².